The first-order valence-electron chi connectivity index (χ1n) is 33.9. The molecule has 0 aliphatic carbocycles. The smallest absolute Gasteiger partial charge is 0.143 e. The zero-order valence-electron chi connectivity index (χ0n) is 53.9. The lowest BCUT2D eigenvalue weighted by molar-refractivity contribution is 0.411. The Balaban J connectivity index is 1.16. The van der Waals surface area contributed by atoms with Crippen LogP contribution in [-0.4, -0.2) is 0 Å². The van der Waals surface area contributed by atoms with Gasteiger partial charge in [0.15, 0.2) is 0 Å². The molecule has 0 aliphatic heterocycles. The molecule has 4 atom stereocenters. The van der Waals surface area contributed by atoms with Crippen molar-refractivity contribution in [2.24, 2.45) is 23.7 Å². The molecule has 0 N–H and O–H groups in total. The van der Waals surface area contributed by atoms with E-state index in [9.17, 15) is 0 Å². The molecule has 0 nitrogen and oxygen atoms in total. The number of hydrogen-bond donors (Lipinski definition) is 0. The average Bonchev–Trinajstić information content (AvgIpc) is 1.77. The third-order valence-corrected chi connectivity index (χ3v) is 28.0. The van der Waals surface area contributed by atoms with Gasteiger partial charge in [-0.1, -0.05) is 209 Å². The molecule has 0 amide bonds. The van der Waals surface area contributed by atoms with Gasteiger partial charge in [-0.25, -0.2) is 8.78 Å². The molecule has 4 unspecified atom stereocenters. The summed E-state index contributed by atoms with van der Waals surface area (Å²) in [5.41, 5.74) is 5.47. The van der Waals surface area contributed by atoms with E-state index in [-0.39, 0.29) is 11.6 Å². The maximum Gasteiger partial charge on any atom is 0.143 e. The van der Waals surface area contributed by atoms with E-state index in [2.05, 4.69) is 118 Å². The van der Waals surface area contributed by atoms with Crippen LogP contribution in [-0.2, 0) is 25.7 Å². The number of unbranched alkanes of at least 4 members (excludes halogenated alkanes) is 10. The van der Waals surface area contributed by atoms with Gasteiger partial charge >= 0.3 is 0 Å². The third-order valence-electron chi connectivity index (χ3n) is 18.4. The van der Waals surface area contributed by atoms with Crippen molar-refractivity contribution < 1.29 is 8.78 Å². The van der Waals surface area contributed by atoms with Crippen molar-refractivity contribution in [2.45, 2.75) is 249 Å². The number of hydrogen-bond acceptors (Lipinski definition) is 8. The van der Waals surface area contributed by atoms with Gasteiger partial charge in [-0.2, -0.15) is 0 Å². The van der Waals surface area contributed by atoms with Crippen LogP contribution in [0, 0.1) is 49.2 Å². The molecule has 9 aromatic rings. The highest BCUT2D eigenvalue weighted by Crippen LogP contribution is 2.56. The van der Waals surface area contributed by atoms with Crippen molar-refractivity contribution in [3.8, 4) is 59.9 Å². The maximum atomic E-state index is 17.1. The molecule has 0 saturated carbocycles. The lowest BCUT2D eigenvalue weighted by Crippen LogP contribution is -2.05. The highest BCUT2D eigenvalue weighted by atomic mass is 32.1. The van der Waals surface area contributed by atoms with Gasteiger partial charge in [0.25, 0.3) is 0 Å². The van der Waals surface area contributed by atoms with Crippen LogP contribution in [0.25, 0.3) is 80.1 Å². The van der Waals surface area contributed by atoms with E-state index < -0.39 is 0 Å². The normalized spacial score (nSPS) is 13.5. The predicted molar refractivity (Wildman–Crippen MR) is 391 cm³/mol. The Kier molecular flexibility index (Phi) is 26.3. The molecule has 0 aliphatic rings. The highest BCUT2D eigenvalue weighted by Gasteiger charge is 2.28. The van der Waals surface area contributed by atoms with Crippen molar-refractivity contribution in [1.82, 2.24) is 0 Å². The summed E-state index contributed by atoms with van der Waals surface area (Å²) < 4.78 is 36.6. The summed E-state index contributed by atoms with van der Waals surface area (Å²) >= 11 is 14.6. The molecule has 8 heterocycles. The van der Waals surface area contributed by atoms with E-state index in [1.807, 2.05) is 56.7 Å². The van der Waals surface area contributed by atoms with Gasteiger partial charge in [-0.3, -0.25) is 0 Å². The molecule has 86 heavy (non-hydrogen) atoms. The molecular formula is C76H100F2S8. The molecule has 9 rings (SSSR count). The summed E-state index contributed by atoms with van der Waals surface area (Å²) in [6.07, 6.45) is 34.3. The molecule has 466 valence electrons. The van der Waals surface area contributed by atoms with Crippen LogP contribution in [0.1, 0.15) is 240 Å². The van der Waals surface area contributed by atoms with Crippen LogP contribution in [0.15, 0.2) is 60.7 Å². The van der Waals surface area contributed by atoms with Gasteiger partial charge < -0.3 is 0 Å². The summed E-state index contributed by atoms with van der Waals surface area (Å²) in [7, 11) is 0. The first-order valence-corrected chi connectivity index (χ1v) is 40.4. The summed E-state index contributed by atoms with van der Waals surface area (Å²) in [5, 5.41) is 2.75. The Bertz CT molecular complexity index is 3390. The van der Waals surface area contributed by atoms with Gasteiger partial charge in [0.2, 0.25) is 0 Å². The number of fused-ring (bicyclic) bond motifs is 2. The fourth-order valence-electron chi connectivity index (χ4n) is 13.3. The number of halogens is 2. The average molecular weight is 1310 g/mol. The lowest BCUT2D eigenvalue weighted by Gasteiger charge is -2.17. The zero-order chi connectivity index (χ0) is 60.7. The first-order chi connectivity index (χ1) is 41.9. The van der Waals surface area contributed by atoms with E-state index in [0.717, 1.165) is 40.3 Å². The van der Waals surface area contributed by atoms with Gasteiger partial charge in [-0.15, -0.1) is 90.7 Å². The Morgan fingerprint density at radius 2 is 0.733 bits per heavy atom. The molecule has 10 heteroatoms. The van der Waals surface area contributed by atoms with Crippen molar-refractivity contribution in [3.05, 3.63) is 103 Å². The molecular weight excluding hydrogens is 1210 g/mol. The highest BCUT2D eigenvalue weighted by molar-refractivity contribution is 7.31. The number of aryl methyl sites for hydroxylation is 2. The molecule has 1 aromatic carbocycles. The number of benzene rings is 1. The monoisotopic (exact) mass is 1310 g/mol. The van der Waals surface area contributed by atoms with Crippen LogP contribution in [0.3, 0.4) is 0 Å². The van der Waals surface area contributed by atoms with Crippen LogP contribution in [0.2, 0.25) is 0 Å². The van der Waals surface area contributed by atoms with Crippen molar-refractivity contribution in [3.63, 3.8) is 0 Å². The summed E-state index contributed by atoms with van der Waals surface area (Å²) in [6, 6.07) is 23.1. The summed E-state index contributed by atoms with van der Waals surface area (Å²) in [6.45, 7) is 23.1. The first kappa shape index (κ1) is 67.6. The molecule has 0 bridgehead atoms. The molecule has 0 radical (unpaired) electrons. The van der Waals surface area contributed by atoms with Crippen LogP contribution < -0.4 is 0 Å². The molecule has 0 spiro atoms. The largest absolute Gasteiger partial charge is 0.205 e. The fraction of sp³-hybridized carbons (Fsp3) is 0.553. The van der Waals surface area contributed by atoms with E-state index in [0.29, 0.717) is 33.4 Å². The predicted octanol–water partition coefficient (Wildman–Crippen LogP) is 29.5. The van der Waals surface area contributed by atoms with Crippen LogP contribution >= 0.6 is 90.7 Å². The minimum Gasteiger partial charge on any atom is -0.205 e. The number of thiophene rings is 8. The van der Waals surface area contributed by atoms with Crippen molar-refractivity contribution in [1.29, 1.82) is 0 Å². The molecule has 0 saturated heterocycles. The third kappa shape index (κ3) is 17.0. The minimum atomic E-state index is -0.307. The second kappa shape index (κ2) is 33.5. The van der Waals surface area contributed by atoms with Gasteiger partial charge in [0.05, 0.1) is 9.75 Å². The SMILES string of the molecule is CCCCCCC(CCCC)Cc1cc(C)sc1-c1cc(F)c(-c2sc(-c3sc(-c4cc5c(-c6ccc(CC(CC)CCCC)s6)c6sc(C)cc6c(-c6ccc(CC(CC)CCCC)s6)c5s4)cc3CC(CCCC)CCCCCC)cc2F)s1. The van der Waals surface area contributed by atoms with E-state index in [1.165, 1.54) is 263 Å². The maximum absolute atomic E-state index is 17.1. The fourth-order valence-corrected chi connectivity index (χ4v) is 23.0. The Morgan fingerprint density at radius 3 is 1.22 bits per heavy atom. The Labute approximate surface area is 550 Å². The van der Waals surface area contributed by atoms with Gasteiger partial charge in [0, 0.05) is 89.8 Å². The quantitative estimate of drug-likeness (QED) is 0.0338. The van der Waals surface area contributed by atoms with Crippen molar-refractivity contribution in [2.75, 3.05) is 0 Å². The Hall–Kier alpha value is -2.80. The minimum absolute atomic E-state index is 0.304. The second-order valence-electron chi connectivity index (χ2n) is 25.4. The summed E-state index contributed by atoms with van der Waals surface area (Å²) in [4.78, 5) is 16.0. The van der Waals surface area contributed by atoms with Gasteiger partial charge in [-0.05, 0) is 135 Å². The van der Waals surface area contributed by atoms with Crippen LogP contribution in [0.5, 0.6) is 0 Å². The Morgan fingerprint density at radius 1 is 0.326 bits per heavy atom. The van der Waals surface area contributed by atoms with Crippen molar-refractivity contribution >= 4 is 111 Å². The van der Waals surface area contributed by atoms with E-state index >= 15 is 8.78 Å². The van der Waals surface area contributed by atoms with E-state index in [4.69, 9.17) is 0 Å². The summed E-state index contributed by atoms with van der Waals surface area (Å²) in [5.74, 6) is 1.99. The second-order valence-corrected chi connectivity index (χ2v) is 34.4. The zero-order valence-corrected chi connectivity index (χ0v) is 60.4. The standard InChI is InChI=1S/C76H100F2S8/c1-11-19-25-27-33-53(31-23-15-5)41-55-39-49(9)79-71(55)67-47-61(77)75(85-67)76-62(78)48-68(86-76)72-56(42-54(32-24-16-6)34-28-26-20-12-2)45-65(83-72)66-46-60-70(64-38-36-58(82-64)44-52(18-8)30-22-14-4)73-59(40-50(10)80-73)69(74(60)84-66)63-37-35-57(81-63)43-51(17-7)29-21-13-3/h35-40,45-48,51-54H,11-34,41-44H2,1-10H3. The van der Waals surface area contributed by atoms with Crippen LogP contribution in [0.4, 0.5) is 8.78 Å². The number of rotatable bonds is 38. The molecule has 0 fully saturated rings. The topological polar surface area (TPSA) is 0 Å². The lowest BCUT2D eigenvalue weighted by atomic mass is 9.89. The molecule has 8 aromatic heterocycles. The van der Waals surface area contributed by atoms with E-state index in [1.54, 1.807) is 23.5 Å². The van der Waals surface area contributed by atoms with Gasteiger partial charge in [0.1, 0.15) is 11.6 Å².